The van der Waals surface area contributed by atoms with Crippen LogP contribution in [0.2, 0.25) is 0 Å². The van der Waals surface area contributed by atoms with Gasteiger partial charge in [0.1, 0.15) is 5.51 Å². The molecule has 0 bridgehead atoms. The zero-order valence-electron chi connectivity index (χ0n) is 6.64. The molecule has 13 heavy (non-hydrogen) atoms. The summed E-state index contributed by atoms with van der Waals surface area (Å²) in [5.74, 6) is 0.692. The van der Waals surface area contributed by atoms with Crippen LogP contribution >= 0.6 is 11.3 Å². The van der Waals surface area contributed by atoms with Gasteiger partial charge in [-0.2, -0.15) is 5.21 Å². The Morgan fingerprint density at radius 3 is 3.15 bits per heavy atom. The van der Waals surface area contributed by atoms with Crippen molar-refractivity contribution in [2.24, 2.45) is 0 Å². The number of aromatic nitrogens is 6. The largest absolute Gasteiger partial charge is 0.360 e. The minimum absolute atomic E-state index is 0.692. The maximum Gasteiger partial charge on any atom is 0.205 e. The second kappa shape index (κ2) is 3.90. The van der Waals surface area contributed by atoms with Crippen molar-refractivity contribution >= 4 is 16.5 Å². The van der Waals surface area contributed by atoms with E-state index in [9.17, 15) is 0 Å². The van der Waals surface area contributed by atoms with E-state index in [2.05, 4.69) is 36.1 Å². The number of anilines is 1. The molecule has 0 spiro atoms. The van der Waals surface area contributed by atoms with Crippen molar-refractivity contribution in [1.82, 2.24) is 30.8 Å². The lowest BCUT2D eigenvalue weighted by atomic mass is 10.4. The van der Waals surface area contributed by atoms with E-state index < -0.39 is 0 Å². The maximum absolute atomic E-state index is 3.83. The fraction of sp³-hybridized carbons (Fsp3) is 0.400. The smallest absolute Gasteiger partial charge is 0.205 e. The Morgan fingerprint density at radius 1 is 1.46 bits per heavy atom. The number of tetrazole rings is 1. The Morgan fingerprint density at radius 2 is 2.46 bits per heavy atom. The summed E-state index contributed by atoms with van der Waals surface area (Å²) in [6.07, 6.45) is 0.718. The summed E-state index contributed by atoms with van der Waals surface area (Å²) in [5.41, 5.74) is 1.68. The van der Waals surface area contributed by atoms with E-state index >= 15 is 0 Å². The molecule has 0 unspecified atom stereocenters. The SMILES string of the molecule is c1nnc(NCCc2nn[nH]n2)s1. The number of hydrogen-bond donors (Lipinski definition) is 2. The molecule has 0 aromatic carbocycles. The number of aromatic amines is 1. The van der Waals surface area contributed by atoms with Crippen LogP contribution in [0.15, 0.2) is 5.51 Å². The predicted octanol–water partition coefficient (Wildman–Crippen LogP) is -0.294. The van der Waals surface area contributed by atoms with Crippen molar-refractivity contribution in [2.75, 3.05) is 11.9 Å². The van der Waals surface area contributed by atoms with Crippen molar-refractivity contribution in [1.29, 1.82) is 0 Å². The first-order valence-corrected chi connectivity index (χ1v) is 4.55. The number of nitrogens with one attached hydrogen (secondary N) is 2. The molecule has 0 aliphatic carbocycles. The third-order valence-corrected chi connectivity index (χ3v) is 2.02. The molecule has 2 N–H and O–H groups in total. The standard InChI is InChI=1S/C5H7N7S/c1(4-8-11-12-9-4)2-6-5-10-7-3-13-5/h3H,1-2H2,(H,6,10)(H,8,9,11,12). The topological polar surface area (TPSA) is 92.3 Å². The average molecular weight is 197 g/mol. The highest BCUT2D eigenvalue weighted by Gasteiger charge is 1.98. The molecule has 0 atom stereocenters. The molecule has 0 amide bonds. The second-order valence-electron chi connectivity index (χ2n) is 2.25. The fourth-order valence-electron chi connectivity index (χ4n) is 0.820. The van der Waals surface area contributed by atoms with Crippen LogP contribution in [0.3, 0.4) is 0 Å². The van der Waals surface area contributed by atoms with E-state index in [1.54, 1.807) is 5.51 Å². The van der Waals surface area contributed by atoms with Crippen LogP contribution in [0.4, 0.5) is 5.13 Å². The highest BCUT2D eigenvalue weighted by Crippen LogP contribution is 2.06. The lowest BCUT2D eigenvalue weighted by Crippen LogP contribution is -2.05. The molecule has 2 rings (SSSR count). The molecule has 0 radical (unpaired) electrons. The Balaban J connectivity index is 1.76. The first-order valence-electron chi connectivity index (χ1n) is 3.67. The summed E-state index contributed by atoms with van der Waals surface area (Å²) >= 11 is 1.46. The highest BCUT2D eigenvalue weighted by atomic mass is 32.1. The van der Waals surface area contributed by atoms with E-state index in [0.717, 1.165) is 18.1 Å². The van der Waals surface area contributed by atoms with Gasteiger partial charge >= 0.3 is 0 Å². The molecule has 0 fully saturated rings. The quantitative estimate of drug-likeness (QED) is 0.699. The Labute approximate surface area is 77.6 Å². The lowest BCUT2D eigenvalue weighted by molar-refractivity contribution is 0.881. The van der Waals surface area contributed by atoms with Gasteiger partial charge in [-0.05, 0) is 0 Å². The summed E-state index contributed by atoms with van der Waals surface area (Å²) in [5, 5.41) is 24.9. The van der Waals surface area contributed by atoms with Crippen LogP contribution in [0, 0.1) is 0 Å². The summed E-state index contributed by atoms with van der Waals surface area (Å²) in [4.78, 5) is 0. The van der Waals surface area contributed by atoms with Gasteiger partial charge in [0.05, 0.1) is 0 Å². The maximum atomic E-state index is 3.83. The minimum Gasteiger partial charge on any atom is -0.360 e. The van der Waals surface area contributed by atoms with E-state index in [1.807, 2.05) is 0 Å². The molecular formula is C5H7N7S. The first-order chi connectivity index (χ1) is 6.45. The van der Waals surface area contributed by atoms with E-state index in [4.69, 9.17) is 0 Å². The van der Waals surface area contributed by atoms with Gasteiger partial charge in [-0.3, -0.25) is 0 Å². The van der Waals surface area contributed by atoms with Gasteiger partial charge in [0.2, 0.25) is 5.13 Å². The van der Waals surface area contributed by atoms with Gasteiger partial charge in [0.15, 0.2) is 5.82 Å². The van der Waals surface area contributed by atoms with Crippen molar-refractivity contribution in [3.8, 4) is 0 Å². The monoisotopic (exact) mass is 197 g/mol. The van der Waals surface area contributed by atoms with Crippen LogP contribution in [-0.2, 0) is 6.42 Å². The van der Waals surface area contributed by atoms with Crippen LogP contribution in [0.1, 0.15) is 5.82 Å². The Hall–Kier alpha value is -1.57. The fourth-order valence-corrected chi connectivity index (χ4v) is 1.29. The van der Waals surface area contributed by atoms with Crippen molar-refractivity contribution in [3.05, 3.63) is 11.3 Å². The zero-order valence-corrected chi connectivity index (χ0v) is 7.45. The molecule has 0 aliphatic heterocycles. The van der Waals surface area contributed by atoms with Crippen LogP contribution in [-0.4, -0.2) is 37.4 Å². The van der Waals surface area contributed by atoms with Crippen LogP contribution in [0.25, 0.3) is 0 Å². The van der Waals surface area contributed by atoms with Gasteiger partial charge in [-0.15, -0.1) is 20.4 Å². The van der Waals surface area contributed by atoms with Crippen LogP contribution in [0.5, 0.6) is 0 Å². The van der Waals surface area contributed by atoms with Gasteiger partial charge in [0.25, 0.3) is 0 Å². The molecule has 2 aromatic heterocycles. The van der Waals surface area contributed by atoms with Crippen molar-refractivity contribution in [2.45, 2.75) is 6.42 Å². The summed E-state index contributed by atoms with van der Waals surface area (Å²) in [6, 6.07) is 0. The van der Waals surface area contributed by atoms with Crippen LogP contribution < -0.4 is 5.32 Å². The first kappa shape index (κ1) is 8.05. The van der Waals surface area contributed by atoms with E-state index in [-0.39, 0.29) is 0 Å². The van der Waals surface area contributed by atoms with Crippen molar-refractivity contribution < 1.29 is 0 Å². The normalized spacial score (nSPS) is 10.2. The number of rotatable bonds is 4. The van der Waals surface area contributed by atoms with E-state index in [1.165, 1.54) is 11.3 Å². The van der Waals surface area contributed by atoms with Gasteiger partial charge in [-0.25, -0.2) is 0 Å². The molecule has 7 nitrogen and oxygen atoms in total. The number of nitrogens with zero attached hydrogens (tertiary/aromatic N) is 5. The Bertz CT molecular complexity index is 293. The Kier molecular flexibility index (Phi) is 2.41. The molecular weight excluding hydrogens is 190 g/mol. The third kappa shape index (κ3) is 2.18. The van der Waals surface area contributed by atoms with Gasteiger partial charge < -0.3 is 5.32 Å². The molecule has 0 aliphatic rings. The van der Waals surface area contributed by atoms with Crippen molar-refractivity contribution in [3.63, 3.8) is 0 Å². The number of hydrogen-bond acceptors (Lipinski definition) is 7. The highest BCUT2D eigenvalue weighted by molar-refractivity contribution is 7.13. The predicted molar refractivity (Wildman–Crippen MR) is 46.3 cm³/mol. The number of H-pyrrole nitrogens is 1. The lowest BCUT2D eigenvalue weighted by Gasteiger charge is -1.96. The molecule has 2 aromatic rings. The summed E-state index contributed by atoms with van der Waals surface area (Å²) in [7, 11) is 0. The molecule has 0 saturated heterocycles. The second-order valence-corrected chi connectivity index (χ2v) is 3.08. The van der Waals surface area contributed by atoms with E-state index in [0.29, 0.717) is 5.82 Å². The van der Waals surface area contributed by atoms with Gasteiger partial charge in [-0.1, -0.05) is 16.6 Å². The van der Waals surface area contributed by atoms with Gasteiger partial charge in [0, 0.05) is 13.0 Å². The summed E-state index contributed by atoms with van der Waals surface area (Å²) < 4.78 is 0. The molecule has 0 saturated carbocycles. The molecule has 2 heterocycles. The zero-order chi connectivity index (χ0) is 8.93. The molecule has 68 valence electrons. The minimum atomic E-state index is 0.692. The molecule has 8 heteroatoms. The third-order valence-electron chi connectivity index (χ3n) is 1.37. The average Bonchev–Trinajstić information content (AvgIpc) is 2.75. The summed E-state index contributed by atoms with van der Waals surface area (Å²) in [6.45, 7) is 0.731.